The Hall–Kier alpha value is -2.97. The molecule has 1 fully saturated rings. The molecule has 0 spiro atoms. The first-order valence-corrected chi connectivity index (χ1v) is 9.31. The Labute approximate surface area is 170 Å². The van der Waals surface area contributed by atoms with Crippen molar-refractivity contribution in [1.82, 2.24) is 16.2 Å². The van der Waals surface area contributed by atoms with Crippen LogP contribution in [0.5, 0.6) is 23.0 Å². The van der Waals surface area contributed by atoms with Gasteiger partial charge in [-0.1, -0.05) is 12.1 Å². The average Bonchev–Trinajstić information content (AvgIpc) is 3.27. The van der Waals surface area contributed by atoms with Crippen molar-refractivity contribution < 1.29 is 23.7 Å². The fourth-order valence-electron chi connectivity index (χ4n) is 3.35. The standard InChI is InChI=1S/C21H27N3O5/c1-26-15-7-5-6-14(10-15)16-11-17(24-23-16)21(25)22-12-13-8-18(27-2)20(29-4)19(9-13)28-3/h5-10,16-17,23-24H,11-12H2,1-4H3,(H,22,25). The molecule has 2 aromatic carbocycles. The highest BCUT2D eigenvalue weighted by atomic mass is 16.5. The third-order valence-electron chi connectivity index (χ3n) is 4.91. The van der Waals surface area contributed by atoms with E-state index in [1.165, 1.54) is 0 Å². The van der Waals surface area contributed by atoms with Crippen LogP contribution in [0.4, 0.5) is 0 Å². The van der Waals surface area contributed by atoms with E-state index in [4.69, 9.17) is 18.9 Å². The van der Waals surface area contributed by atoms with Gasteiger partial charge in [0.15, 0.2) is 11.5 Å². The summed E-state index contributed by atoms with van der Waals surface area (Å²) in [5.41, 5.74) is 8.17. The van der Waals surface area contributed by atoms with Gasteiger partial charge in [-0.3, -0.25) is 4.79 Å². The maximum Gasteiger partial charge on any atom is 0.238 e. The van der Waals surface area contributed by atoms with E-state index in [0.29, 0.717) is 30.2 Å². The Morgan fingerprint density at radius 2 is 1.72 bits per heavy atom. The van der Waals surface area contributed by atoms with Crippen LogP contribution >= 0.6 is 0 Å². The summed E-state index contributed by atoms with van der Waals surface area (Å²) < 4.78 is 21.3. The van der Waals surface area contributed by atoms with Crippen LogP contribution < -0.4 is 35.1 Å². The van der Waals surface area contributed by atoms with Gasteiger partial charge in [-0.05, 0) is 41.8 Å². The molecule has 3 N–H and O–H groups in total. The Morgan fingerprint density at radius 1 is 1.00 bits per heavy atom. The van der Waals surface area contributed by atoms with Crippen LogP contribution in [0.2, 0.25) is 0 Å². The minimum absolute atomic E-state index is 0.0297. The van der Waals surface area contributed by atoms with Gasteiger partial charge >= 0.3 is 0 Å². The van der Waals surface area contributed by atoms with E-state index in [-0.39, 0.29) is 18.0 Å². The van der Waals surface area contributed by atoms with Crippen LogP contribution in [0.25, 0.3) is 0 Å². The zero-order valence-electron chi connectivity index (χ0n) is 17.1. The number of carbonyl (C=O) groups excluding carboxylic acids is 1. The molecule has 0 bridgehead atoms. The third kappa shape index (κ3) is 4.72. The topological polar surface area (TPSA) is 90.1 Å². The van der Waals surface area contributed by atoms with Crippen LogP contribution in [0, 0.1) is 0 Å². The van der Waals surface area contributed by atoms with Gasteiger partial charge in [0.25, 0.3) is 0 Å². The van der Waals surface area contributed by atoms with Crippen LogP contribution in [0.3, 0.4) is 0 Å². The first kappa shape index (κ1) is 20.8. The van der Waals surface area contributed by atoms with E-state index in [1.807, 2.05) is 36.4 Å². The lowest BCUT2D eigenvalue weighted by molar-refractivity contribution is -0.123. The number of methoxy groups -OCH3 is 4. The molecule has 156 valence electrons. The summed E-state index contributed by atoms with van der Waals surface area (Å²) in [6.07, 6.45) is 0.633. The summed E-state index contributed by atoms with van der Waals surface area (Å²) in [5.74, 6) is 2.33. The molecule has 8 nitrogen and oxygen atoms in total. The van der Waals surface area contributed by atoms with Crippen molar-refractivity contribution in [1.29, 1.82) is 0 Å². The van der Waals surface area contributed by atoms with Gasteiger partial charge < -0.3 is 24.3 Å². The molecule has 1 saturated heterocycles. The first-order chi connectivity index (χ1) is 14.1. The summed E-state index contributed by atoms with van der Waals surface area (Å²) in [6, 6.07) is 11.1. The van der Waals surface area contributed by atoms with E-state index < -0.39 is 0 Å². The maximum atomic E-state index is 12.6. The monoisotopic (exact) mass is 401 g/mol. The summed E-state index contributed by atoms with van der Waals surface area (Å²) in [5, 5.41) is 2.96. The van der Waals surface area contributed by atoms with Crippen molar-refractivity contribution in [2.45, 2.75) is 25.0 Å². The molecule has 8 heteroatoms. The number of rotatable bonds is 8. The quantitative estimate of drug-likeness (QED) is 0.623. The molecule has 2 unspecified atom stereocenters. The fraction of sp³-hybridized carbons (Fsp3) is 0.381. The minimum Gasteiger partial charge on any atom is -0.497 e. The highest BCUT2D eigenvalue weighted by Crippen LogP contribution is 2.38. The minimum atomic E-state index is -0.340. The SMILES string of the molecule is COc1cccc(C2CC(C(=O)NCc3cc(OC)c(OC)c(OC)c3)NN2)c1. The number of carbonyl (C=O) groups is 1. The van der Waals surface area contributed by atoms with Crippen molar-refractivity contribution in [2.75, 3.05) is 28.4 Å². The zero-order chi connectivity index (χ0) is 20.8. The Bertz CT molecular complexity index is 833. The summed E-state index contributed by atoms with van der Waals surface area (Å²) >= 11 is 0. The van der Waals surface area contributed by atoms with Crippen molar-refractivity contribution in [3.8, 4) is 23.0 Å². The predicted octanol–water partition coefficient (Wildman–Crippen LogP) is 1.94. The van der Waals surface area contributed by atoms with Gasteiger partial charge in [-0.2, -0.15) is 0 Å². The molecule has 0 radical (unpaired) electrons. The molecule has 2 aromatic rings. The number of hydrazine groups is 1. The smallest absolute Gasteiger partial charge is 0.238 e. The van der Waals surface area contributed by atoms with Gasteiger partial charge in [0.1, 0.15) is 11.8 Å². The van der Waals surface area contributed by atoms with Gasteiger partial charge in [0.2, 0.25) is 11.7 Å². The van der Waals surface area contributed by atoms with Gasteiger partial charge in [0.05, 0.1) is 28.4 Å². The highest BCUT2D eigenvalue weighted by Gasteiger charge is 2.30. The molecule has 0 aliphatic carbocycles. The molecule has 1 amide bonds. The van der Waals surface area contributed by atoms with Gasteiger partial charge in [0, 0.05) is 12.6 Å². The molecule has 0 aromatic heterocycles. The number of amides is 1. The number of ether oxygens (including phenoxy) is 4. The maximum absolute atomic E-state index is 12.6. The van der Waals surface area contributed by atoms with E-state index in [2.05, 4.69) is 16.2 Å². The van der Waals surface area contributed by atoms with Crippen molar-refractivity contribution in [3.63, 3.8) is 0 Å². The molecule has 1 heterocycles. The lowest BCUT2D eigenvalue weighted by Crippen LogP contribution is -2.42. The fourth-order valence-corrected chi connectivity index (χ4v) is 3.35. The molecular formula is C21H27N3O5. The first-order valence-electron chi connectivity index (χ1n) is 9.31. The second-order valence-electron chi connectivity index (χ2n) is 6.66. The van der Waals surface area contributed by atoms with E-state index in [1.54, 1.807) is 28.4 Å². The molecule has 29 heavy (non-hydrogen) atoms. The Morgan fingerprint density at radius 3 is 2.34 bits per heavy atom. The highest BCUT2D eigenvalue weighted by molar-refractivity contribution is 5.82. The Kier molecular flexibility index (Phi) is 6.79. The average molecular weight is 401 g/mol. The number of hydrogen-bond acceptors (Lipinski definition) is 7. The van der Waals surface area contributed by atoms with Crippen molar-refractivity contribution in [3.05, 3.63) is 47.5 Å². The zero-order valence-corrected chi connectivity index (χ0v) is 17.1. The van der Waals surface area contributed by atoms with Crippen LogP contribution in [-0.2, 0) is 11.3 Å². The normalized spacial score (nSPS) is 18.2. The Balaban J connectivity index is 1.61. The number of nitrogens with one attached hydrogen (secondary N) is 3. The van der Waals surface area contributed by atoms with E-state index in [0.717, 1.165) is 16.9 Å². The van der Waals surface area contributed by atoms with Gasteiger partial charge in [-0.25, -0.2) is 10.9 Å². The second-order valence-corrected chi connectivity index (χ2v) is 6.66. The summed E-state index contributed by atoms with van der Waals surface area (Å²) in [7, 11) is 6.32. The summed E-state index contributed by atoms with van der Waals surface area (Å²) in [4.78, 5) is 12.6. The van der Waals surface area contributed by atoms with E-state index >= 15 is 0 Å². The van der Waals surface area contributed by atoms with Crippen LogP contribution in [0.1, 0.15) is 23.6 Å². The molecule has 1 aliphatic rings. The molecule has 1 aliphatic heterocycles. The molecular weight excluding hydrogens is 374 g/mol. The lowest BCUT2D eigenvalue weighted by Gasteiger charge is -2.15. The van der Waals surface area contributed by atoms with Crippen molar-refractivity contribution in [2.24, 2.45) is 0 Å². The summed E-state index contributed by atoms with van der Waals surface area (Å²) in [6.45, 7) is 0.345. The third-order valence-corrected chi connectivity index (χ3v) is 4.91. The lowest BCUT2D eigenvalue weighted by atomic mass is 10.0. The van der Waals surface area contributed by atoms with Gasteiger partial charge in [-0.15, -0.1) is 0 Å². The van der Waals surface area contributed by atoms with Crippen LogP contribution in [-0.4, -0.2) is 40.4 Å². The van der Waals surface area contributed by atoms with E-state index in [9.17, 15) is 4.79 Å². The molecule has 2 atom stereocenters. The number of benzene rings is 2. The second kappa shape index (κ2) is 9.49. The predicted molar refractivity (Wildman–Crippen MR) is 108 cm³/mol. The largest absolute Gasteiger partial charge is 0.497 e. The molecule has 0 saturated carbocycles. The number of hydrogen-bond donors (Lipinski definition) is 3. The van der Waals surface area contributed by atoms with Crippen LogP contribution in [0.15, 0.2) is 36.4 Å². The van der Waals surface area contributed by atoms with Crippen molar-refractivity contribution >= 4 is 5.91 Å². The molecule has 3 rings (SSSR count).